The predicted octanol–water partition coefficient (Wildman–Crippen LogP) is 4.02. The van der Waals surface area contributed by atoms with Crippen LogP contribution in [0.1, 0.15) is 49.7 Å². The van der Waals surface area contributed by atoms with Crippen molar-refractivity contribution in [1.29, 1.82) is 0 Å². The molecule has 0 bridgehead atoms. The molecule has 1 atom stereocenters. The van der Waals surface area contributed by atoms with E-state index in [1.54, 1.807) is 0 Å². The summed E-state index contributed by atoms with van der Waals surface area (Å²) in [6.07, 6.45) is 1.80. The number of likely N-dealkylation sites (N-methyl/N-ethyl adjacent to an activating group) is 1. The van der Waals surface area contributed by atoms with Gasteiger partial charge in [0.05, 0.1) is 21.9 Å². The summed E-state index contributed by atoms with van der Waals surface area (Å²) in [4.78, 5) is 0. The molecule has 0 spiro atoms. The van der Waals surface area contributed by atoms with Crippen molar-refractivity contribution in [3.63, 3.8) is 0 Å². The first-order chi connectivity index (χ1) is 10.1. The van der Waals surface area contributed by atoms with Gasteiger partial charge in [0.15, 0.2) is 0 Å². The van der Waals surface area contributed by atoms with Crippen LogP contribution in [0.25, 0.3) is 0 Å². The molecule has 5 heteroatoms. The zero-order valence-corrected chi connectivity index (χ0v) is 14.8. The van der Waals surface area contributed by atoms with Gasteiger partial charge in [-0.25, -0.2) is 0 Å². The van der Waals surface area contributed by atoms with E-state index in [0.717, 1.165) is 47.6 Å². The van der Waals surface area contributed by atoms with Gasteiger partial charge in [-0.15, -0.1) is 0 Å². The largest absolute Gasteiger partial charge is 0.465 e. The Morgan fingerprint density at radius 3 is 2.62 bits per heavy atom. The Hall–Kier alpha value is -1.07. The zero-order valence-electron chi connectivity index (χ0n) is 13.2. The maximum absolute atomic E-state index is 5.81. The number of aryl methyl sites for hydroxylation is 3. The minimum Gasteiger partial charge on any atom is -0.465 e. The van der Waals surface area contributed by atoms with Crippen LogP contribution in [0.15, 0.2) is 21.0 Å². The average Bonchev–Trinajstić information content (AvgIpc) is 3.03. The molecule has 0 saturated heterocycles. The lowest BCUT2D eigenvalue weighted by atomic mass is 10.1. The van der Waals surface area contributed by atoms with E-state index in [1.807, 2.05) is 13.0 Å². The zero-order chi connectivity index (χ0) is 15.4. The van der Waals surface area contributed by atoms with E-state index in [1.165, 1.54) is 5.69 Å². The average molecular weight is 354 g/mol. The molecule has 1 N–H and O–H groups in total. The van der Waals surface area contributed by atoms with Gasteiger partial charge < -0.3 is 9.73 Å². The predicted molar refractivity (Wildman–Crippen MR) is 88.5 cm³/mol. The van der Waals surface area contributed by atoms with Crippen LogP contribution in [0.5, 0.6) is 0 Å². The second-order valence-corrected chi connectivity index (χ2v) is 5.93. The quantitative estimate of drug-likeness (QED) is 0.817. The molecule has 0 fully saturated rings. The fraction of sp³-hybridized carbons (Fsp3) is 0.562. The first-order valence-corrected chi connectivity index (χ1v) is 8.43. The molecule has 2 heterocycles. The number of nitrogens with zero attached hydrogens (tertiary/aromatic N) is 2. The summed E-state index contributed by atoms with van der Waals surface area (Å²) < 4.78 is 9.03. The van der Waals surface area contributed by atoms with Crippen LogP contribution in [0.2, 0.25) is 0 Å². The van der Waals surface area contributed by atoms with Crippen LogP contribution >= 0.6 is 15.9 Å². The van der Waals surface area contributed by atoms with Crippen molar-refractivity contribution in [3.05, 3.63) is 39.5 Å². The van der Waals surface area contributed by atoms with Crippen LogP contribution in [0.4, 0.5) is 0 Å². The third kappa shape index (κ3) is 3.58. The van der Waals surface area contributed by atoms with Gasteiger partial charge in [0.25, 0.3) is 0 Å². The molecular weight excluding hydrogens is 330 g/mol. The highest BCUT2D eigenvalue weighted by molar-refractivity contribution is 9.10. The van der Waals surface area contributed by atoms with Crippen molar-refractivity contribution < 1.29 is 4.42 Å². The fourth-order valence-corrected chi connectivity index (χ4v) is 3.29. The van der Waals surface area contributed by atoms with Crippen molar-refractivity contribution in [1.82, 2.24) is 15.1 Å². The number of halogens is 1. The van der Waals surface area contributed by atoms with Gasteiger partial charge in [0.2, 0.25) is 0 Å². The Morgan fingerprint density at radius 2 is 2.10 bits per heavy atom. The standard InChI is InChI=1S/C16H24BrN3O/c1-5-12-16(17)14(20(7-3)19-12)10-13(18-6-2)15-9-8-11(4)21-15/h8-9,13,18H,5-7,10H2,1-4H3. The Labute approximate surface area is 135 Å². The van der Waals surface area contributed by atoms with E-state index in [4.69, 9.17) is 4.42 Å². The molecule has 1 unspecified atom stereocenters. The maximum atomic E-state index is 5.81. The van der Waals surface area contributed by atoms with E-state index in [9.17, 15) is 0 Å². The van der Waals surface area contributed by atoms with Crippen molar-refractivity contribution in [2.24, 2.45) is 0 Å². The number of hydrogen-bond acceptors (Lipinski definition) is 3. The summed E-state index contributed by atoms with van der Waals surface area (Å²) >= 11 is 3.72. The third-order valence-electron chi connectivity index (χ3n) is 3.65. The number of aromatic nitrogens is 2. The molecule has 2 aromatic heterocycles. The van der Waals surface area contributed by atoms with Crippen LogP contribution < -0.4 is 5.32 Å². The Balaban J connectivity index is 2.30. The van der Waals surface area contributed by atoms with Gasteiger partial charge in [-0.05, 0) is 54.9 Å². The summed E-state index contributed by atoms with van der Waals surface area (Å²) in [5, 5.41) is 8.18. The monoisotopic (exact) mass is 353 g/mol. The molecular formula is C16H24BrN3O. The first-order valence-electron chi connectivity index (χ1n) is 7.64. The Bertz CT molecular complexity index is 588. The SMILES string of the molecule is CCNC(Cc1c(Br)c(CC)nn1CC)c1ccc(C)o1. The summed E-state index contributed by atoms with van der Waals surface area (Å²) in [5.41, 5.74) is 2.35. The van der Waals surface area contributed by atoms with Gasteiger partial charge in [-0.1, -0.05) is 13.8 Å². The molecule has 4 nitrogen and oxygen atoms in total. The summed E-state index contributed by atoms with van der Waals surface area (Å²) in [7, 11) is 0. The number of hydrogen-bond donors (Lipinski definition) is 1. The van der Waals surface area contributed by atoms with Gasteiger partial charge in [-0.2, -0.15) is 5.10 Å². The first kappa shape index (κ1) is 16.3. The van der Waals surface area contributed by atoms with Crippen LogP contribution in [0.3, 0.4) is 0 Å². The number of nitrogens with one attached hydrogen (secondary N) is 1. The molecule has 0 aliphatic rings. The molecule has 21 heavy (non-hydrogen) atoms. The van der Waals surface area contributed by atoms with Crippen LogP contribution in [-0.4, -0.2) is 16.3 Å². The summed E-state index contributed by atoms with van der Waals surface area (Å²) in [6.45, 7) is 10.1. The van der Waals surface area contributed by atoms with Gasteiger partial charge in [-0.3, -0.25) is 4.68 Å². The van der Waals surface area contributed by atoms with Gasteiger partial charge >= 0.3 is 0 Å². The van der Waals surface area contributed by atoms with E-state index < -0.39 is 0 Å². The Kier molecular flexibility index (Phi) is 5.65. The minimum absolute atomic E-state index is 0.173. The van der Waals surface area contributed by atoms with Crippen molar-refractivity contribution >= 4 is 15.9 Å². The highest BCUT2D eigenvalue weighted by atomic mass is 79.9. The smallest absolute Gasteiger partial charge is 0.121 e. The highest BCUT2D eigenvalue weighted by Gasteiger charge is 2.21. The van der Waals surface area contributed by atoms with Crippen LogP contribution in [-0.2, 0) is 19.4 Å². The summed E-state index contributed by atoms with van der Waals surface area (Å²) in [6, 6.07) is 4.25. The third-order valence-corrected chi connectivity index (χ3v) is 4.56. The van der Waals surface area contributed by atoms with E-state index >= 15 is 0 Å². The van der Waals surface area contributed by atoms with Gasteiger partial charge in [0, 0.05) is 13.0 Å². The number of furan rings is 1. The van der Waals surface area contributed by atoms with E-state index in [-0.39, 0.29) is 6.04 Å². The molecule has 0 radical (unpaired) electrons. The fourth-order valence-electron chi connectivity index (χ4n) is 2.57. The summed E-state index contributed by atoms with van der Waals surface area (Å²) in [5.74, 6) is 1.94. The molecule has 0 aromatic carbocycles. The molecule has 0 amide bonds. The molecule has 2 aromatic rings. The molecule has 2 rings (SSSR count). The van der Waals surface area contributed by atoms with Gasteiger partial charge in [0.1, 0.15) is 11.5 Å². The lowest BCUT2D eigenvalue weighted by Crippen LogP contribution is -2.24. The normalized spacial score (nSPS) is 12.8. The van der Waals surface area contributed by atoms with Crippen molar-refractivity contribution in [2.45, 2.75) is 53.1 Å². The minimum atomic E-state index is 0.173. The van der Waals surface area contributed by atoms with Crippen molar-refractivity contribution in [2.75, 3.05) is 6.54 Å². The molecule has 0 aliphatic carbocycles. The van der Waals surface area contributed by atoms with E-state index in [0.29, 0.717) is 0 Å². The number of rotatable bonds is 7. The molecule has 0 saturated carbocycles. The topological polar surface area (TPSA) is 43.0 Å². The molecule has 116 valence electrons. The lowest BCUT2D eigenvalue weighted by Gasteiger charge is -2.16. The second kappa shape index (κ2) is 7.27. The highest BCUT2D eigenvalue weighted by Crippen LogP contribution is 2.28. The second-order valence-electron chi connectivity index (χ2n) is 5.14. The Morgan fingerprint density at radius 1 is 1.33 bits per heavy atom. The van der Waals surface area contributed by atoms with Crippen LogP contribution in [0, 0.1) is 6.92 Å². The van der Waals surface area contributed by atoms with E-state index in [2.05, 4.69) is 57.9 Å². The maximum Gasteiger partial charge on any atom is 0.121 e. The lowest BCUT2D eigenvalue weighted by molar-refractivity contribution is 0.396. The molecule has 0 aliphatic heterocycles. The van der Waals surface area contributed by atoms with Crippen molar-refractivity contribution in [3.8, 4) is 0 Å².